The fraction of sp³-hybridized carbons (Fsp3) is 0.0833. The quantitative estimate of drug-likeness (QED) is 0.185. The van der Waals surface area contributed by atoms with Gasteiger partial charge >= 0.3 is 0 Å². The average Bonchev–Trinajstić information content (AvgIpc) is 3.85. The van der Waals surface area contributed by atoms with Gasteiger partial charge in [-0.25, -0.2) is 0 Å². The number of rotatable bonds is 4. The van der Waals surface area contributed by atoms with E-state index in [0.717, 1.165) is 37.0 Å². The van der Waals surface area contributed by atoms with Gasteiger partial charge in [-0.2, -0.15) is 0 Å². The zero-order valence-corrected chi connectivity index (χ0v) is 28.1. The molecule has 0 bridgehead atoms. The normalized spacial score (nSPS) is 14.5. The van der Waals surface area contributed by atoms with Crippen molar-refractivity contribution in [2.24, 2.45) is 0 Å². The Morgan fingerprint density at radius 2 is 1.16 bits per heavy atom. The van der Waals surface area contributed by atoms with Gasteiger partial charge in [0.25, 0.3) is 0 Å². The van der Waals surface area contributed by atoms with Gasteiger partial charge in [0.1, 0.15) is 11.3 Å². The van der Waals surface area contributed by atoms with Crippen LogP contribution < -0.4 is 0 Å². The third kappa shape index (κ3) is 4.38. The molecule has 0 fully saturated rings. The van der Waals surface area contributed by atoms with Crippen LogP contribution in [0.25, 0.3) is 88.7 Å². The first kappa shape index (κ1) is 28.5. The summed E-state index contributed by atoms with van der Waals surface area (Å²) in [7, 11) is 0. The molecule has 6 aromatic carbocycles. The number of fused-ring (bicyclic) bond motifs is 9. The lowest BCUT2D eigenvalue weighted by molar-refractivity contribution is 0.546. The van der Waals surface area contributed by atoms with Crippen molar-refractivity contribution in [2.45, 2.75) is 25.7 Å². The Morgan fingerprint density at radius 3 is 1.90 bits per heavy atom. The summed E-state index contributed by atoms with van der Waals surface area (Å²) in [5.74, 6) is 1.09. The predicted octanol–water partition coefficient (Wildman–Crippen LogP) is 13.0. The number of benzene rings is 6. The molecule has 2 aliphatic rings. The molecular weight excluding hydrogens is 621 g/mol. The zero-order valence-electron chi connectivity index (χ0n) is 28.1. The van der Waals surface area contributed by atoms with E-state index in [-0.39, 0.29) is 0 Å². The van der Waals surface area contributed by atoms with Crippen molar-refractivity contribution in [3.63, 3.8) is 0 Å². The van der Waals surface area contributed by atoms with Gasteiger partial charge in [-0.3, -0.25) is 0 Å². The number of nitrogens with zero attached hydrogens (tertiary/aromatic N) is 2. The SMILES string of the molecule is C1=CC(c2cccc(-n3c4ccccc4c4cc(-c5ccc6c(c5)c5ccccc5n6C5=Cc6c(oc7ccccc67)CC5)ccc43)c2)=CCC1. The summed E-state index contributed by atoms with van der Waals surface area (Å²) in [6, 6.07) is 49.1. The first-order chi connectivity index (χ1) is 25.3. The highest BCUT2D eigenvalue weighted by molar-refractivity contribution is 6.13. The van der Waals surface area contributed by atoms with Crippen molar-refractivity contribution in [3.05, 3.63) is 169 Å². The molecule has 3 aromatic heterocycles. The number of aryl methyl sites for hydroxylation is 1. The second-order valence-corrected chi connectivity index (χ2v) is 13.9. The van der Waals surface area contributed by atoms with Gasteiger partial charge in [0.2, 0.25) is 0 Å². The van der Waals surface area contributed by atoms with Crippen molar-refractivity contribution in [1.29, 1.82) is 0 Å². The number of allylic oxidation sites excluding steroid dienone is 5. The van der Waals surface area contributed by atoms with Gasteiger partial charge in [-0.15, -0.1) is 0 Å². The molecule has 0 unspecified atom stereocenters. The number of para-hydroxylation sites is 3. The summed E-state index contributed by atoms with van der Waals surface area (Å²) in [6.07, 6.45) is 13.3. The van der Waals surface area contributed by atoms with Gasteiger partial charge in [0, 0.05) is 50.3 Å². The minimum Gasteiger partial charge on any atom is -0.460 e. The lowest BCUT2D eigenvalue weighted by atomic mass is 9.99. The highest BCUT2D eigenvalue weighted by Crippen LogP contribution is 2.41. The third-order valence-corrected chi connectivity index (χ3v) is 11.0. The van der Waals surface area contributed by atoms with Crippen LogP contribution in [0.3, 0.4) is 0 Å². The van der Waals surface area contributed by atoms with Crippen LogP contribution in [0.4, 0.5) is 0 Å². The van der Waals surface area contributed by atoms with Gasteiger partial charge in [-0.05, 0) is 102 Å². The Bertz CT molecular complexity index is 2970. The van der Waals surface area contributed by atoms with Crippen molar-refractivity contribution >= 4 is 71.9 Å². The van der Waals surface area contributed by atoms with Crippen molar-refractivity contribution in [3.8, 4) is 16.8 Å². The first-order valence-corrected chi connectivity index (χ1v) is 18.0. The summed E-state index contributed by atoms with van der Waals surface area (Å²) >= 11 is 0. The smallest absolute Gasteiger partial charge is 0.134 e. The highest BCUT2D eigenvalue weighted by atomic mass is 16.3. The lowest BCUT2D eigenvalue weighted by Crippen LogP contribution is -2.03. The van der Waals surface area contributed by atoms with Crippen LogP contribution in [0.15, 0.2) is 156 Å². The zero-order chi connectivity index (χ0) is 33.5. The van der Waals surface area contributed by atoms with Crippen molar-refractivity contribution < 1.29 is 4.42 Å². The van der Waals surface area contributed by atoms with Gasteiger partial charge in [-0.1, -0.05) is 97.1 Å². The maximum atomic E-state index is 6.25. The van der Waals surface area contributed by atoms with Crippen molar-refractivity contribution in [2.75, 3.05) is 0 Å². The molecule has 0 saturated heterocycles. The summed E-state index contributed by atoms with van der Waals surface area (Å²) in [5.41, 5.74) is 14.6. The van der Waals surface area contributed by atoms with E-state index in [4.69, 9.17) is 4.42 Å². The molecule has 0 spiro atoms. The molecule has 11 rings (SSSR count). The molecule has 3 heteroatoms. The van der Waals surface area contributed by atoms with Crippen molar-refractivity contribution in [1.82, 2.24) is 9.13 Å². The highest BCUT2D eigenvalue weighted by Gasteiger charge is 2.22. The minimum absolute atomic E-state index is 0.898. The van der Waals surface area contributed by atoms with Crippen LogP contribution in [0.1, 0.15) is 36.1 Å². The number of hydrogen-bond donors (Lipinski definition) is 0. The Kier molecular flexibility index (Phi) is 6.20. The number of furan rings is 1. The van der Waals surface area contributed by atoms with E-state index in [1.807, 2.05) is 0 Å². The molecule has 0 atom stereocenters. The number of aromatic nitrogens is 2. The molecule has 3 nitrogen and oxygen atoms in total. The fourth-order valence-corrected chi connectivity index (χ4v) is 8.66. The molecule has 51 heavy (non-hydrogen) atoms. The Morgan fingerprint density at radius 1 is 0.490 bits per heavy atom. The van der Waals surface area contributed by atoms with Crippen LogP contribution >= 0.6 is 0 Å². The molecule has 242 valence electrons. The predicted molar refractivity (Wildman–Crippen MR) is 214 cm³/mol. The van der Waals surface area contributed by atoms with Gasteiger partial charge < -0.3 is 13.6 Å². The maximum absolute atomic E-state index is 6.25. The second kappa shape index (κ2) is 11.1. The molecule has 9 aromatic rings. The molecule has 0 aliphatic heterocycles. The Balaban J connectivity index is 1.06. The van der Waals surface area contributed by atoms with Crippen LogP contribution in [0.2, 0.25) is 0 Å². The molecule has 0 radical (unpaired) electrons. The minimum atomic E-state index is 0.898. The van der Waals surface area contributed by atoms with E-state index < -0.39 is 0 Å². The second-order valence-electron chi connectivity index (χ2n) is 13.9. The van der Waals surface area contributed by atoms with E-state index in [1.165, 1.54) is 88.2 Å². The lowest BCUT2D eigenvalue weighted by Gasteiger charge is -2.16. The van der Waals surface area contributed by atoms with Crippen LogP contribution in [-0.2, 0) is 6.42 Å². The average molecular weight is 655 g/mol. The van der Waals surface area contributed by atoms with E-state index >= 15 is 0 Å². The Hall–Kier alpha value is -6.32. The van der Waals surface area contributed by atoms with Crippen LogP contribution in [0, 0.1) is 0 Å². The third-order valence-electron chi connectivity index (χ3n) is 11.0. The summed E-state index contributed by atoms with van der Waals surface area (Å²) in [4.78, 5) is 0. The molecule has 0 amide bonds. The molecule has 0 N–H and O–H groups in total. The molecular formula is C48H34N2O. The van der Waals surface area contributed by atoms with Gasteiger partial charge in [0.05, 0.1) is 22.1 Å². The topological polar surface area (TPSA) is 23.0 Å². The first-order valence-electron chi connectivity index (χ1n) is 18.0. The molecule has 0 saturated carbocycles. The van der Waals surface area contributed by atoms with E-state index in [1.54, 1.807) is 0 Å². The maximum Gasteiger partial charge on any atom is 0.134 e. The Labute approximate surface area is 295 Å². The van der Waals surface area contributed by atoms with Gasteiger partial charge in [0.15, 0.2) is 0 Å². The number of hydrogen-bond acceptors (Lipinski definition) is 1. The van der Waals surface area contributed by atoms with E-state index in [0.29, 0.717) is 0 Å². The van der Waals surface area contributed by atoms with E-state index in [9.17, 15) is 0 Å². The monoisotopic (exact) mass is 654 g/mol. The van der Waals surface area contributed by atoms with Crippen LogP contribution in [0.5, 0.6) is 0 Å². The molecule has 3 heterocycles. The van der Waals surface area contributed by atoms with E-state index in [2.05, 4.69) is 167 Å². The summed E-state index contributed by atoms with van der Waals surface area (Å²) in [5, 5.41) is 6.28. The summed E-state index contributed by atoms with van der Waals surface area (Å²) in [6.45, 7) is 0. The largest absolute Gasteiger partial charge is 0.460 e. The standard InChI is InChI=1S/C48H34N2O/c1-2-11-31(12-3-1)32-13-10-14-35(27-32)49-43-18-7-4-15-37(43)40-28-33(21-24-45(40)49)34-22-25-46-41(29-34)38-16-5-8-19-44(38)50(46)36-23-26-48-42(30-36)39-17-6-9-20-47(39)51-48/h2,4-22,24-25,27-30H,1,3,23,26H2. The fourth-order valence-electron chi connectivity index (χ4n) is 8.66. The molecule has 2 aliphatic carbocycles. The van der Waals surface area contributed by atoms with Crippen LogP contribution in [-0.4, -0.2) is 9.13 Å². The summed E-state index contributed by atoms with van der Waals surface area (Å²) < 4.78 is 11.2.